The van der Waals surface area contributed by atoms with E-state index in [0.717, 1.165) is 67.4 Å². The fourth-order valence-electron chi connectivity index (χ4n) is 7.79. The van der Waals surface area contributed by atoms with Crippen molar-refractivity contribution < 1.29 is 34.9 Å². The molecule has 0 fully saturated rings. The SMILES string of the molecule is CC1(C)CC(/C=C2\Sc3ccc(-n4cccc4)cc3N2CCCS(=O)(=O)[O-])=CC(=C/c2oc3ccc(-n4ccc5ccccc54)cc3[n+]2CCCS(=O)(=O)[O-])/C1. The summed E-state index contributed by atoms with van der Waals surface area (Å²) in [7, 11) is -8.77. The third-order valence-corrected chi connectivity index (χ3v) is 12.8. The van der Waals surface area contributed by atoms with Crippen LogP contribution in [0, 0.1) is 5.41 Å². The van der Waals surface area contributed by atoms with E-state index in [1.807, 2.05) is 76.3 Å². The van der Waals surface area contributed by atoms with Crippen molar-refractivity contribution in [3.05, 3.63) is 132 Å². The van der Waals surface area contributed by atoms with Crippen LogP contribution in [0.1, 0.15) is 45.4 Å². The minimum atomic E-state index is -4.41. The summed E-state index contributed by atoms with van der Waals surface area (Å²) in [6.07, 6.45) is 14.1. The maximum absolute atomic E-state index is 11.6. The Kier molecular flexibility index (Phi) is 10.1. The average Bonchev–Trinajstić information content (AvgIpc) is 3.93. The Morgan fingerprint density at radius 1 is 0.839 bits per heavy atom. The van der Waals surface area contributed by atoms with Crippen LogP contribution in [0.3, 0.4) is 0 Å². The zero-order valence-corrected chi connectivity index (χ0v) is 33.4. The molecule has 0 amide bonds. The molecule has 0 saturated heterocycles. The normalized spacial score (nSPS) is 17.4. The van der Waals surface area contributed by atoms with E-state index in [1.165, 1.54) is 0 Å². The van der Waals surface area contributed by atoms with Crippen LogP contribution < -0.4 is 9.47 Å². The Morgan fingerprint density at radius 3 is 2.38 bits per heavy atom. The van der Waals surface area contributed by atoms with E-state index in [9.17, 15) is 25.9 Å². The minimum absolute atomic E-state index is 0.123. The van der Waals surface area contributed by atoms with Gasteiger partial charge in [0.1, 0.15) is 0 Å². The first-order chi connectivity index (χ1) is 26.7. The molecule has 11 nitrogen and oxygen atoms in total. The second-order valence-electron chi connectivity index (χ2n) is 15.2. The van der Waals surface area contributed by atoms with Gasteiger partial charge in [0.2, 0.25) is 5.58 Å². The lowest BCUT2D eigenvalue weighted by atomic mass is 9.75. The van der Waals surface area contributed by atoms with E-state index in [4.69, 9.17) is 4.42 Å². The van der Waals surface area contributed by atoms with E-state index >= 15 is 0 Å². The lowest BCUT2D eigenvalue weighted by molar-refractivity contribution is -0.677. The van der Waals surface area contributed by atoms with Crippen LogP contribution in [-0.2, 0) is 26.8 Å². The molecule has 1 aliphatic carbocycles. The van der Waals surface area contributed by atoms with Gasteiger partial charge in [-0.1, -0.05) is 49.9 Å². The number of aromatic nitrogens is 3. The quantitative estimate of drug-likeness (QED) is 0.0890. The smallest absolute Gasteiger partial charge is 0.374 e. The second kappa shape index (κ2) is 14.9. The van der Waals surface area contributed by atoms with Gasteiger partial charge in [-0.3, -0.25) is 0 Å². The van der Waals surface area contributed by atoms with E-state index in [1.54, 1.807) is 11.8 Å². The average molecular weight is 810 g/mol. The van der Waals surface area contributed by atoms with Crippen LogP contribution in [0.5, 0.6) is 0 Å². The number of oxazole rings is 1. The maximum atomic E-state index is 11.6. The molecule has 8 rings (SSSR count). The van der Waals surface area contributed by atoms with Gasteiger partial charge in [-0.15, -0.1) is 0 Å². The number of rotatable bonds is 12. The largest absolute Gasteiger partial charge is 0.748 e. The monoisotopic (exact) mass is 809 g/mol. The molecule has 3 aromatic heterocycles. The van der Waals surface area contributed by atoms with Gasteiger partial charge in [-0.05, 0) is 102 Å². The lowest BCUT2D eigenvalue weighted by Gasteiger charge is -2.31. The first kappa shape index (κ1) is 38.0. The van der Waals surface area contributed by atoms with E-state index in [2.05, 4.69) is 71.9 Å². The Balaban J connectivity index is 1.17. The number of allylic oxidation sites excluding steroid dienone is 4. The van der Waals surface area contributed by atoms with Crippen molar-refractivity contribution in [3.8, 4) is 11.4 Å². The Labute approximate surface area is 330 Å². The summed E-state index contributed by atoms with van der Waals surface area (Å²) in [5.41, 5.74) is 7.30. The summed E-state index contributed by atoms with van der Waals surface area (Å²) in [4.78, 5) is 3.14. The van der Waals surface area contributed by atoms with Gasteiger partial charge in [0, 0.05) is 59.7 Å². The summed E-state index contributed by atoms with van der Waals surface area (Å²) < 4.78 is 82.0. The predicted octanol–water partition coefficient (Wildman–Crippen LogP) is 7.91. The van der Waals surface area contributed by atoms with Crippen LogP contribution in [0.2, 0.25) is 0 Å². The van der Waals surface area contributed by atoms with Crippen molar-refractivity contribution in [2.24, 2.45) is 5.41 Å². The van der Waals surface area contributed by atoms with Crippen LogP contribution in [-0.4, -0.2) is 53.1 Å². The number of para-hydroxylation sites is 1. The predicted molar refractivity (Wildman–Crippen MR) is 218 cm³/mol. The molecule has 0 N–H and O–H groups in total. The van der Waals surface area contributed by atoms with Gasteiger partial charge in [0.15, 0.2) is 6.54 Å². The van der Waals surface area contributed by atoms with E-state index < -0.39 is 31.7 Å². The third kappa shape index (κ3) is 8.44. The van der Waals surface area contributed by atoms with Gasteiger partial charge < -0.3 is 27.6 Å². The highest BCUT2D eigenvalue weighted by molar-refractivity contribution is 8.03. The molecule has 0 bridgehead atoms. The molecule has 0 unspecified atom stereocenters. The molecule has 14 heteroatoms. The number of fused-ring (bicyclic) bond motifs is 3. The Hall–Kier alpha value is -4.86. The Bertz CT molecular complexity index is 2780. The summed E-state index contributed by atoms with van der Waals surface area (Å²) in [6.45, 7) is 5.05. The molecule has 3 aromatic carbocycles. The zero-order chi connectivity index (χ0) is 39.2. The summed E-state index contributed by atoms with van der Waals surface area (Å²) >= 11 is 1.61. The topological polar surface area (TPSA) is 145 Å². The molecule has 4 heterocycles. The van der Waals surface area contributed by atoms with Crippen molar-refractivity contribution in [1.29, 1.82) is 0 Å². The van der Waals surface area contributed by atoms with Crippen LogP contribution >= 0.6 is 11.8 Å². The molecule has 6 aromatic rings. The van der Waals surface area contributed by atoms with Crippen LogP contribution in [0.15, 0.2) is 135 Å². The summed E-state index contributed by atoms with van der Waals surface area (Å²) in [5.74, 6) is -0.382. The number of hydrogen-bond donors (Lipinski definition) is 0. The molecule has 290 valence electrons. The number of anilines is 1. The van der Waals surface area contributed by atoms with Gasteiger partial charge in [0.05, 0.1) is 48.2 Å². The van der Waals surface area contributed by atoms with Crippen molar-refractivity contribution in [2.45, 2.75) is 51.0 Å². The van der Waals surface area contributed by atoms with Gasteiger partial charge >= 0.3 is 5.89 Å². The Morgan fingerprint density at radius 2 is 1.59 bits per heavy atom. The molecule has 0 spiro atoms. The highest BCUT2D eigenvalue weighted by atomic mass is 32.2. The van der Waals surface area contributed by atoms with Crippen molar-refractivity contribution in [1.82, 2.24) is 9.13 Å². The zero-order valence-electron chi connectivity index (χ0n) is 31.0. The summed E-state index contributed by atoms with van der Waals surface area (Å²) in [6, 6.07) is 26.2. The highest BCUT2D eigenvalue weighted by Crippen LogP contribution is 2.49. The summed E-state index contributed by atoms with van der Waals surface area (Å²) in [5, 5.41) is 2.05. The first-order valence-corrected chi connectivity index (χ1v) is 22.4. The number of nitrogens with zero attached hydrogens (tertiary/aromatic N) is 4. The molecular formula is C42H41N4O7S3-. The second-order valence-corrected chi connectivity index (χ2v) is 19.3. The van der Waals surface area contributed by atoms with E-state index in [0.29, 0.717) is 18.0 Å². The molecule has 0 radical (unpaired) electrons. The fraction of sp³-hybridized carbons (Fsp3) is 0.262. The third-order valence-electron chi connectivity index (χ3n) is 10.1. The van der Waals surface area contributed by atoms with Crippen molar-refractivity contribution >= 4 is 65.8 Å². The fourth-order valence-corrected chi connectivity index (χ4v) is 9.90. The highest BCUT2D eigenvalue weighted by Gasteiger charge is 2.31. The van der Waals surface area contributed by atoms with Crippen LogP contribution in [0.4, 0.5) is 5.69 Å². The standard InChI is InChI=1S/C42H42N4O7S3/c1-42(2)28-30(23-31(29-42)25-41-46(19-8-22-56(50,51)52)37-26-33(12-14-39(37)54-41)43-16-5-6-17-43)24-40-45(18-7-21-55(47,48)49)36-27-34(11-13-38(36)53-40)44-20-15-32-9-3-4-10-35(32)44/h3-6,9-17,20,23-27H,7-8,18-19,21-22,28-29H2,1-2H3,(H-,47,48,49,50,51,52)/p-1. The van der Waals surface area contributed by atoms with Crippen molar-refractivity contribution in [3.63, 3.8) is 0 Å². The number of benzene rings is 3. The van der Waals surface area contributed by atoms with Gasteiger partial charge in [0.25, 0.3) is 5.52 Å². The van der Waals surface area contributed by atoms with E-state index in [-0.39, 0.29) is 24.8 Å². The van der Waals surface area contributed by atoms with Gasteiger partial charge in [-0.2, -0.15) is 4.57 Å². The molecule has 56 heavy (non-hydrogen) atoms. The maximum Gasteiger partial charge on any atom is 0.374 e. The molecular weight excluding hydrogens is 769 g/mol. The molecule has 2 aliphatic rings. The van der Waals surface area contributed by atoms with Gasteiger partial charge in [-0.25, -0.2) is 16.8 Å². The first-order valence-electron chi connectivity index (χ1n) is 18.4. The number of aryl methyl sites for hydroxylation is 1. The molecule has 1 aliphatic heterocycles. The lowest BCUT2D eigenvalue weighted by Crippen LogP contribution is -2.36. The minimum Gasteiger partial charge on any atom is -0.748 e. The number of hydrogen-bond acceptors (Lipinski definition) is 9. The number of thioether (sulfide) groups is 1. The van der Waals surface area contributed by atoms with Crippen molar-refractivity contribution in [2.75, 3.05) is 23.0 Å². The van der Waals surface area contributed by atoms with Crippen LogP contribution in [0.25, 0.3) is 39.5 Å². The molecule has 0 saturated carbocycles. The molecule has 0 atom stereocenters.